The summed E-state index contributed by atoms with van der Waals surface area (Å²) >= 11 is 1.28. The molecule has 9 nitrogen and oxygen atoms in total. The zero-order valence-corrected chi connectivity index (χ0v) is 24.1. The van der Waals surface area contributed by atoms with Crippen LogP contribution in [-0.4, -0.2) is 47.5 Å². The van der Waals surface area contributed by atoms with Crippen LogP contribution in [0.15, 0.2) is 85.2 Å². The summed E-state index contributed by atoms with van der Waals surface area (Å²) in [4.78, 5) is 36.6. The number of anilines is 3. The summed E-state index contributed by atoms with van der Waals surface area (Å²) in [6.07, 6.45) is 7.26. The van der Waals surface area contributed by atoms with E-state index in [2.05, 4.69) is 27.1 Å². The van der Waals surface area contributed by atoms with E-state index in [0.29, 0.717) is 39.9 Å². The summed E-state index contributed by atoms with van der Waals surface area (Å²) in [7, 11) is 0. The van der Waals surface area contributed by atoms with Crippen LogP contribution >= 0.6 is 11.3 Å². The number of aryl methyl sites for hydroxylation is 1. The van der Waals surface area contributed by atoms with Crippen molar-refractivity contribution in [3.63, 3.8) is 0 Å². The van der Waals surface area contributed by atoms with Gasteiger partial charge in [0.1, 0.15) is 21.2 Å². The van der Waals surface area contributed by atoms with Crippen molar-refractivity contribution in [1.29, 1.82) is 0 Å². The molecule has 0 saturated carbocycles. The lowest BCUT2D eigenvalue weighted by atomic mass is 10.0. The molecule has 0 bridgehead atoms. The van der Waals surface area contributed by atoms with Crippen molar-refractivity contribution in [2.45, 2.75) is 25.8 Å². The molecule has 2 aliphatic rings. The molecule has 1 atom stereocenters. The fraction of sp³-hybridized carbons (Fsp3) is 0.219. The summed E-state index contributed by atoms with van der Waals surface area (Å²) in [5.74, 6) is 1.19. The monoisotopic (exact) mass is 580 g/mol. The number of piperidine rings is 1. The van der Waals surface area contributed by atoms with Crippen molar-refractivity contribution >= 4 is 50.6 Å². The van der Waals surface area contributed by atoms with Crippen LogP contribution in [0.4, 0.5) is 21.9 Å². The van der Waals surface area contributed by atoms with Gasteiger partial charge in [-0.15, -0.1) is 11.3 Å². The number of likely N-dealkylation sites (tertiary alicyclic amines) is 1. The third-order valence-corrected chi connectivity index (χ3v) is 8.55. The van der Waals surface area contributed by atoms with E-state index < -0.39 is 0 Å². The predicted octanol–water partition coefficient (Wildman–Crippen LogP) is 6.30. The Morgan fingerprint density at radius 3 is 2.83 bits per heavy atom. The quantitative estimate of drug-likeness (QED) is 0.211. The molecule has 6 rings (SSSR count). The zero-order valence-electron chi connectivity index (χ0n) is 23.3. The maximum Gasteiger partial charge on any atom is 0.331 e. The van der Waals surface area contributed by atoms with Gasteiger partial charge < -0.3 is 26.0 Å². The molecule has 0 spiro atoms. The van der Waals surface area contributed by atoms with Crippen molar-refractivity contribution in [3.8, 4) is 11.5 Å². The highest BCUT2D eigenvalue weighted by atomic mass is 32.1. The summed E-state index contributed by atoms with van der Waals surface area (Å²) in [6.45, 7) is 8.07. The number of pyridine rings is 1. The van der Waals surface area contributed by atoms with E-state index in [1.54, 1.807) is 11.1 Å². The number of allylic oxidation sites excluding steroid dienone is 1. The molecule has 42 heavy (non-hydrogen) atoms. The van der Waals surface area contributed by atoms with Gasteiger partial charge in [-0.25, -0.2) is 9.78 Å². The number of nitrogens with zero attached hydrogens (tertiary/aromatic N) is 3. The number of aromatic nitrogens is 1. The Morgan fingerprint density at radius 2 is 2.05 bits per heavy atom. The fourth-order valence-corrected chi connectivity index (χ4v) is 6.49. The molecule has 2 aromatic heterocycles. The van der Waals surface area contributed by atoms with E-state index in [1.165, 1.54) is 11.3 Å². The molecular formula is C32H32N6O3S. The Bertz CT molecular complexity index is 1700. The molecule has 214 valence electrons. The van der Waals surface area contributed by atoms with Crippen molar-refractivity contribution in [1.82, 2.24) is 15.2 Å². The predicted molar refractivity (Wildman–Crippen MR) is 168 cm³/mol. The van der Waals surface area contributed by atoms with Crippen LogP contribution < -0.4 is 26.0 Å². The number of ether oxygens (including phenoxy) is 1. The molecule has 2 aliphatic heterocycles. The number of amides is 3. The highest BCUT2D eigenvalue weighted by molar-refractivity contribution is 7.21. The number of thiophene rings is 1. The van der Waals surface area contributed by atoms with Gasteiger partial charge in [0.2, 0.25) is 0 Å². The first-order valence-electron chi connectivity index (χ1n) is 13.9. The first-order chi connectivity index (χ1) is 20.4. The van der Waals surface area contributed by atoms with E-state index in [9.17, 15) is 9.59 Å². The molecule has 1 saturated heterocycles. The Kier molecular flexibility index (Phi) is 7.64. The van der Waals surface area contributed by atoms with Crippen molar-refractivity contribution in [3.05, 3.63) is 95.7 Å². The summed E-state index contributed by atoms with van der Waals surface area (Å²) in [5.41, 5.74) is 9.23. The lowest BCUT2D eigenvalue weighted by molar-refractivity contribution is 0.0920. The van der Waals surface area contributed by atoms with Crippen LogP contribution in [0.3, 0.4) is 0 Å². The Hall–Kier alpha value is -4.67. The minimum absolute atomic E-state index is 0.0471. The maximum absolute atomic E-state index is 13.6. The summed E-state index contributed by atoms with van der Waals surface area (Å²) in [6, 6.07) is 16.6. The van der Waals surface area contributed by atoms with Crippen molar-refractivity contribution in [2.75, 3.05) is 29.9 Å². The van der Waals surface area contributed by atoms with Crippen LogP contribution in [0, 0.1) is 6.92 Å². The van der Waals surface area contributed by atoms with Crippen molar-refractivity contribution in [2.24, 2.45) is 5.73 Å². The molecule has 0 unspecified atom stereocenters. The van der Waals surface area contributed by atoms with E-state index in [0.717, 1.165) is 47.5 Å². The number of hydrogen-bond donors (Lipinski definition) is 3. The Morgan fingerprint density at radius 1 is 1.21 bits per heavy atom. The largest absolute Gasteiger partial charge is 0.457 e. The topological polar surface area (TPSA) is 113 Å². The second-order valence-corrected chi connectivity index (χ2v) is 11.3. The number of rotatable bonds is 8. The van der Waals surface area contributed by atoms with Gasteiger partial charge in [-0.3, -0.25) is 9.69 Å². The molecule has 10 heteroatoms. The number of benzene rings is 2. The van der Waals surface area contributed by atoms with Crippen LogP contribution in [0.25, 0.3) is 10.2 Å². The van der Waals surface area contributed by atoms with Crippen LogP contribution in [0.2, 0.25) is 0 Å². The first kappa shape index (κ1) is 27.5. The van der Waals surface area contributed by atoms with Gasteiger partial charge in [-0.2, -0.15) is 0 Å². The third-order valence-electron chi connectivity index (χ3n) is 7.45. The van der Waals surface area contributed by atoms with E-state index in [4.69, 9.17) is 10.5 Å². The number of urea groups is 1. The maximum atomic E-state index is 13.6. The highest BCUT2D eigenvalue weighted by Crippen LogP contribution is 2.46. The SMILES string of the molecule is C=C(/C=C/CN)N1CCC[C@@H](NC(=O)c2sc3nccc4c3c2NC(=O)N4c2ccc(Oc3ccccc3)cc2C)C1. The minimum atomic E-state index is -0.339. The van der Waals surface area contributed by atoms with Crippen LogP contribution in [0.5, 0.6) is 11.5 Å². The molecule has 2 aromatic carbocycles. The summed E-state index contributed by atoms with van der Waals surface area (Å²) in [5, 5.41) is 6.92. The van der Waals surface area contributed by atoms with Crippen molar-refractivity contribution < 1.29 is 14.3 Å². The highest BCUT2D eigenvalue weighted by Gasteiger charge is 2.34. The molecule has 3 amide bonds. The smallest absolute Gasteiger partial charge is 0.331 e. The normalized spacial score (nSPS) is 16.5. The van der Waals surface area contributed by atoms with Gasteiger partial charge in [0.15, 0.2) is 0 Å². The van der Waals surface area contributed by atoms with Crippen LogP contribution in [-0.2, 0) is 0 Å². The van der Waals surface area contributed by atoms with Gasteiger partial charge in [0.25, 0.3) is 5.91 Å². The van der Waals surface area contributed by atoms with Gasteiger partial charge in [-0.1, -0.05) is 30.9 Å². The van der Waals surface area contributed by atoms with E-state index in [-0.39, 0.29) is 18.0 Å². The molecule has 0 aliphatic carbocycles. The number of carbonyl (C=O) groups excluding carboxylic acids is 2. The molecular weight excluding hydrogens is 548 g/mol. The molecule has 4 aromatic rings. The fourth-order valence-electron chi connectivity index (χ4n) is 5.47. The third kappa shape index (κ3) is 5.34. The van der Waals surface area contributed by atoms with Gasteiger partial charge >= 0.3 is 6.03 Å². The number of nitrogens with two attached hydrogens (primary N) is 1. The first-order valence-corrected chi connectivity index (χ1v) is 14.7. The summed E-state index contributed by atoms with van der Waals surface area (Å²) < 4.78 is 5.98. The Labute approximate surface area is 248 Å². The van der Waals surface area contributed by atoms with Crippen LogP contribution in [0.1, 0.15) is 28.1 Å². The average Bonchev–Trinajstić information content (AvgIpc) is 3.37. The van der Waals surface area contributed by atoms with E-state index >= 15 is 0 Å². The standard InChI is InChI=1S/C32H32N6O3S/c1-20-18-24(41-23-10-4-3-5-11-23)12-13-25(20)38-26-14-16-34-31-27(26)28(36-32(38)40)29(42-31)30(39)35-22-9-7-17-37(19-22)21(2)8-6-15-33/h3-6,8,10-14,16,18,22H,2,7,9,15,17,19,33H2,1H3,(H,35,39)(H,36,40)/b8-6+/t22-/m1/s1. The molecule has 4 heterocycles. The van der Waals surface area contributed by atoms with Gasteiger partial charge in [0, 0.05) is 37.6 Å². The van der Waals surface area contributed by atoms with Gasteiger partial charge in [0.05, 0.1) is 22.4 Å². The second-order valence-electron chi connectivity index (χ2n) is 10.3. The Balaban J connectivity index is 1.26. The van der Waals surface area contributed by atoms with Gasteiger partial charge in [-0.05, 0) is 67.8 Å². The number of carbonyl (C=O) groups is 2. The average molecular weight is 581 g/mol. The zero-order chi connectivity index (χ0) is 29.2. The number of hydrogen-bond acceptors (Lipinski definition) is 7. The second kappa shape index (κ2) is 11.7. The molecule has 0 radical (unpaired) electrons. The van der Waals surface area contributed by atoms with E-state index in [1.807, 2.05) is 73.7 Å². The molecule has 4 N–H and O–H groups in total. The number of para-hydroxylation sites is 1. The lowest BCUT2D eigenvalue weighted by Crippen LogP contribution is -2.47. The number of nitrogens with one attached hydrogen (secondary N) is 2. The minimum Gasteiger partial charge on any atom is -0.457 e. The lowest BCUT2D eigenvalue weighted by Gasteiger charge is -2.35. The molecule has 1 fully saturated rings.